The van der Waals surface area contributed by atoms with Gasteiger partial charge in [0, 0.05) is 5.69 Å². The minimum absolute atomic E-state index is 0.229. The fraction of sp³-hybridized carbons (Fsp3) is 0.182. The summed E-state index contributed by atoms with van der Waals surface area (Å²) in [6.07, 6.45) is 1.85. The number of amides is 1. The van der Waals surface area contributed by atoms with Crippen molar-refractivity contribution >= 4 is 45.0 Å². The highest BCUT2D eigenvalue weighted by Crippen LogP contribution is 2.25. The summed E-state index contributed by atoms with van der Waals surface area (Å²) >= 11 is 2.61. The van der Waals surface area contributed by atoms with Gasteiger partial charge in [-0.05, 0) is 55.5 Å². The van der Waals surface area contributed by atoms with Gasteiger partial charge in [0.25, 0.3) is 5.56 Å². The van der Waals surface area contributed by atoms with Crippen molar-refractivity contribution in [3.05, 3.63) is 80.5 Å². The number of aryl methyl sites for hydroxylation is 2. The van der Waals surface area contributed by atoms with Gasteiger partial charge in [0.15, 0.2) is 9.99 Å². The monoisotopic (exact) mass is 452 g/mol. The summed E-state index contributed by atoms with van der Waals surface area (Å²) in [6.45, 7) is 3.64. The van der Waals surface area contributed by atoms with Gasteiger partial charge in [-0.3, -0.25) is 14.2 Å². The second-order valence-electron chi connectivity index (χ2n) is 7.11. The van der Waals surface area contributed by atoms with Crippen molar-refractivity contribution in [2.75, 3.05) is 11.6 Å². The van der Waals surface area contributed by atoms with Crippen molar-refractivity contribution in [1.82, 2.24) is 14.1 Å². The number of carbonyl (C=O) groups excluding carboxylic acids is 1. The molecule has 2 aromatic carbocycles. The zero-order chi connectivity index (χ0) is 22.1. The average Bonchev–Trinajstić information content (AvgIpc) is 3.16. The molecule has 7 nitrogen and oxygen atoms in total. The lowest BCUT2D eigenvalue weighted by Crippen LogP contribution is -2.40. The third kappa shape index (κ3) is 4.19. The van der Waals surface area contributed by atoms with Crippen molar-refractivity contribution in [3.63, 3.8) is 0 Å². The van der Waals surface area contributed by atoms with Gasteiger partial charge in [-0.15, -0.1) is 11.3 Å². The first-order valence-corrected chi connectivity index (χ1v) is 11.6. The van der Waals surface area contributed by atoms with Crippen LogP contribution in [-0.2, 0) is 11.3 Å². The molecule has 0 atom stereocenters. The number of hydrogen-bond donors (Lipinski definition) is 1. The van der Waals surface area contributed by atoms with Crippen LogP contribution in [0.4, 0.5) is 5.69 Å². The fourth-order valence-electron chi connectivity index (χ4n) is 3.44. The van der Waals surface area contributed by atoms with E-state index in [1.165, 1.54) is 27.7 Å². The Bertz CT molecular complexity index is 1380. The van der Waals surface area contributed by atoms with E-state index >= 15 is 0 Å². The van der Waals surface area contributed by atoms with Crippen LogP contribution in [0.25, 0.3) is 16.0 Å². The second kappa shape index (κ2) is 8.52. The van der Waals surface area contributed by atoms with Crippen molar-refractivity contribution < 1.29 is 4.79 Å². The number of fused-ring (bicyclic) bond motifs is 1. The van der Waals surface area contributed by atoms with Gasteiger partial charge in [-0.1, -0.05) is 36.0 Å². The molecule has 4 rings (SSSR count). The fourth-order valence-corrected chi connectivity index (χ4v) is 4.93. The molecule has 0 radical (unpaired) electrons. The first-order valence-electron chi connectivity index (χ1n) is 9.51. The van der Waals surface area contributed by atoms with Crippen LogP contribution >= 0.6 is 23.1 Å². The van der Waals surface area contributed by atoms with Crippen molar-refractivity contribution in [2.24, 2.45) is 0 Å². The van der Waals surface area contributed by atoms with Gasteiger partial charge in [0.2, 0.25) is 5.91 Å². The van der Waals surface area contributed by atoms with Gasteiger partial charge in [0.1, 0.15) is 11.2 Å². The maximum atomic E-state index is 13.3. The van der Waals surface area contributed by atoms with Gasteiger partial charge in [-0.25, -0.2) is 14.3 Å². The van der Waals surface area contributed by atoms with Crippen LogP contribution < -0.4 is 16.6 Å². The van der Waals surface area contributed by atoms with E-state index in [4.69, 9.17) is 0 Å². The smallest absolute Gasteiger partial charge is 0.325 e. The van der Waals surface area contributed by atoms with E-state index in [0.717, 1.165) is 15.7 Å². The van der Waals surface area contributed by atoms with E-state index < -0.39 is 11.2 Å². The van der Waals surface area contributed by atoms with Crippen LogP contribution in [0, 0.1) is 13.8 Å². The molecule has 0 fully saturated rings. The third-order valence-corrected chi connectivity index (χ3v) is 6.68. The van der Waals surface area contributed by atoms with Crippen molar-refractivity contribution in [1.29, 1.82) is 0 Å². The largest absolute Gasteiger partial charge is 0.337 e. The number of nitrogens with zero attached hydrogens (tertiary/aromatic N) is 3. The molecule has 4 aromatic rings. The van der Waals surface area contributed by atoms with E-state index in [1.54, 1.807) is 30.3 Å². The Morgan fingerprint density at radius 2 is 1.77 bits per heavy atom. The molecule has 0 aliphatic heterocycles. The molecule has 0 saturated heterocycles. The Morgan fingerprint density at radius 3 is 2.42 bits per heavy atom. The topological polar surface area (TPSA) is 86.0 Å². The summed E-state index contributed by atoms with van der Waals surface area (Å²) < 4.78 is 3.35. The molecule has 1 amide bonds. The standard InChI is InChI=1S/C22H20N4O3S2/c1-13-9-14(2)11-15(10-13)23-17(27)12-25-19-18(31-21(24-19)30-3)20(28)26(22(25)29)16-7-5-4-6-8-16/h4-11H,12H2,1-3H3,(H,23,27). The molecule has 0 aliphatic carbocycles. The molecule has 0 aliphatic rings. The highest BCUT2D eigenvalue weighted by molar-refractivity contribution is 8.00. The predicted molar refractivity (Wildman–Crippen MR) is 126 cm³/mol. The Morgan fingerprint density at radius 1 is 1.10 bits per heavy atom. The molecule has 0 unspecified atom stereocenters. The first-order chi connectivity index (χ1) is 14.9. The number of thiazole rings is 1. The molecule has 2 aromatic heterocycles. The molecule has 31 heavy (non-hydrogen) atoms. The molecule has 158 valence electrons. The number of anilines is 1. The Balaban J connectivity index is 1.82. The number of nitrogens with one attached hydrogen (secondary N) is 1. The molecule has 0 bridgehead atoms. The number of benzene rings is 2. The summed E-state index contributed by atoms with van der Waals surface area (Å²) in [5, 5.41) is 2.84. The zero-order valence-electron chi connectivity index (χ0n) is 17.2. The van der Waals surface area contributed by atoms with Crippen LogP contribution in [0.1, 0.15) is 11.1 Å². The molecule has 2 heterocycles. The van der Waals surface area contributed by atoms with E-state index in [2.05, 4.69) is 10.3 Å². The molecule has 0 spiro atoms. The number of rotatable bonds is 5. The molecular weight excluding hydrogens is 432 g/mol. The average molecular weight is 453 g/mol. The minimum Gasteiger partial charge on any atom is -0.325 e. The van der Waals surface area contributed by atoms with E-state index in [0.29, 0.717) is 20.4 Å². The van der Waals surface area contributed by atoms with E-state index in [1.807, 2.05) is 38.3 Å². The van der Waals surface area contributed by atoms with Crippen LogP contribution in [0.2, 0.25) is 0 Å². The summed E-state index contributed by atoms with van der Waals surface area (Å²) in [5.41, 5.74) is 2.35. The lowest BCUT2D eigenvalue weighted by atomic mass is 10.1. The summed E-state index contributed by atoms with van der Waals surface area (Å²) in [7, 11) is 0. The number of aromatic nitrogens is 3. The Labute approximate surface area is 186 Å². The second-order valence-corrected chi connectivity index (χ2v) is 9.16. The van der Waals surface area contributed by atoms with Crippen LogP contribution in [0.3, 0.4) is 0 Å². The molecule has 1 N–H and O–H groups in total. The highest BCUT2D eigenvalue weighted by Gasteiger charge is 2.20. The van der Waals surface area contributed by atoms with Crippen molar-refractivity contribution in [3.8, 4) is 5.69 Å². The Kier molecular flexibility index (Phi) is 5.79. The van der Waals surface area contributed by atoms with E-state index in [9.17, 15) is 14.4 Å². The maximum absolute atomic E-state index is 13.3. The number of thioether (sulfide) groups is 1. The molecule has 0 saturated carbocycles. The van der Waals surface area contributed by atoms with Crippen molar-refractivity contribution in [2.45, 2.75) is 24.7 Å². The molecule has 9 heteroatoms. The van der Waals surface area contributed by atoms with Gasteiger partial charge >= 0.3 is 5.69 Å². The number of hydrogen-bond acceptors (Lipinski definition) is 6. The number of para-hydroxylation sites is 1. The summed E-state index contributed by atoms with van der Waals surface area (Å²) in [4.78, 5) is 43.6. The third-order valence-electron chi connectivity index (χ3n) is 4.66. The minimum atomic E-state index is -0.600. The highest BCUT2D eigenvalue weighted by atomic mass is 32.2. The zero-order valence-corrected chi connectivity index (χ0v) is 18.8. The van der Waals surface area contributed by atoms with Crippen LogP contribution in [0.5, 0.6) is 0 Å². The normalized spacial score (nSPS) is 11.1. The maximum Gasteiger partial charge on any atom is 0.337 e. The molecular formula is C22H20N4O3S2. The predicted octanol–water partition coefficient (Wildman–Crippen LogP) is 3.59. The quantitative estimate of drug-likeness (QED) is 0.468. The summed E-state index contributed by atoms with van der Waals surface area (Å²) in [5.74, 6) is -0.370. The lowest BCUT2D eigenvalue weighted by Gasteiger charge is -2.12. The van der Waals surface area contributed by atoms with Gasteiger partial charge < -0.3 is 5.32 Å². The SMILES string of the molecule is CSc1nc2c(s1)c(=O)n(-c1ccccc1)c(=O)n2CC(=O)Nc1cc(C)cc(C)c1. The Hall–Kier alpha value is -3.17. The number of carbonyl (C=O) groups is 1. The van der Waals surface area contributed by atoms with Crippen LogP contribution in [-0.4, -0.2) is 26.3 Å². The summed E-state index contributed by atoms with van der Waals surface area (Å²) in [6, 6.07) is 14.4. The lowest BCUT2D eigenvalue weighted by molar-refractivity contribution is -0.116. The van der Waals surface area contributed by atoms with Gasteiger partial charge in [-0.2, -0.15) is 0 Å². The van der Waals surface area contributed by atoms with Crippen LogP contribution in [0.15, 0.2) is 62.5 Å². The first kappa shape index (κ1) is 21.1. The van der Waals surface area contributed by atoms with Gasteiger partial charge in [0.05, 0.1) is 5.69 Å². The van der Waals surface area contributed by atoms with E-state index in [-0.39, 0.29) is 18.1 Å².